The van der Waals surface area contributed by atoms with Crippen LogP contribution in [0.1, 0.15) is 22.3 Å². The van der Waals surface area contributed by atoms with E-state index in [1.807, 2.05) is 91.0 Å². The quantitative estimate of drug-likeness (QED) is 0.236. The van der Waals surface area contributed by atoms with Crippen molar-refractivity contribution in [2.45, 2.75) is 40.8 Å². The van der Waals surface area contributed by atoms with Gasteiger partial charge in [0.05, 0.1) is 0 Å². The van der Waals surface area contributed by atoms with E-state index >= 15 is 0 Å². The van der Waals surface area contributed by atoms with Crippen LogP contribution in [0.25, 0.3) is 0 Å². The van der Waals surface area contributed by atoms with Gasteiger partial charge < -0.3 is 0 Å². The van der Waals surface area contributed by atoms with Crippen molar-refractivity contribution in [2.75, 3.05) is 0 Å². The summed E-state index contributed by atoms with van der Waals surface area (Å²) in [5, 5.41) is 26.4. The Morgan fingerprint density at radius 1 is 0.444 bits per heavy atom. The molecule has 4 aromatic carbocycles. The summed E-state index contributed by atoms with van der Waals surface area (Å²) >= 11 is -5.46. The van der Waals surface area contributed by atoms with E-state index in [9.17, 15) is 10.2 Å². The molecule has 1 unspecified atom stereocenters. The fraction of sp³-hybridized carbons (Fsp3) is 0.250. The first-order valence-corrected chi connectivity index (χ1v) is 32.7. The molecular formula is C32H38O2Sn2. The molecule has 0 aliphatic rings. The number of aliphatic hydroxyl groups is 2. The first-order chi connectivity index (χ1) is 16.9. The SMILES string of the molecule is [CH3][Sn]([CH3])([CH3])[c]1cccc(C(O)(c2ccccc2)C(O)(c2ccccc2)c2ccccc2)[c]1[Sn]([CH3])([CH3])[CH3]. The van der Waals surface area contributed by atoms with Gasteiger partial charge in [-0.15, -0.1) is 0 Å². The summed E-state index contributed by atoms with van der Waals surface area (Å²) in [5.74, 6) is 0. The molecule has 186 valence electrons. The molecule has 0 bridgehead atoms. The first kappa shape index (κ1) is 27.4. The van der Waals surface area contributed by atoms with Crippen LogP contribution in [0.3, 0.4) is 0 Å². The Balaban J connectivity index is 2.23. The molecule has 4 aromatic rings. The summed E-state index contributed by atoms with van der Waals surface area (Å²) in [6, 6.07) is 35.5. The van der Waals surface area contributed by atoms with Gasteiger partial charge in [0.15, 0.2) is 0 Å². The summed E-state index contributed by atoms with van der Waals surface area (Å²) in [7, 11) is 0. The fourth-order valence-electron chi connectivity index (χ4n) is 5.47. The second-order valence-corrected chi connectivity index (χ2v) is 40.4. The van der Waals surface area contributed by atoms with Crippen molar-refractivity contribution < 1.29 is 10.2 Å². The number of rotatable bonds is 7. The van der Waals surface area contributed by atoms with Crippen LogP contribution >= 0.6 is 0 Å². The predicted octanol–water partition coefficient (Wildman–Crippen LogP) is 5.95. The van der Waals surface area contributed by atoms with Gasteiger partial charge >= 0.3 is 226 Å². The molecule has 1 atom stereocenters. The third kappa shape index (κ3) is 4.82. The molecule has 0 saturated heterocycles. The normalized spacial score (nSPS) is 14.3. The molecular weight excluding hydrogens is 654 g/mol. The topological polar surface area (TPSA) is 40.5 Å². The summed E-state index contributed by atoms with van der Waals surface area (Å²) in [4.78, 5) is 14.6. The van der Waals surface area contributed by atoms with Crippen molar-refractivity contribution in [3.63, 3.8) is 0 Å². The number of hydrogen-bond acceptors (Lipinski definition) is 2. The van der Waals surface area contributed by atoms with Gasteiger partial charge in [0.25, 0.3) is 0 Å². The standard InChI is InChI=1S/C26H20O2.6CH3.2Sn/c27-25(21-13-5-1-6-14-21,22-15-7-2-8-16-22)26(28,23-17-9-3-10-18-23)24-19-11-4-12-20-24;;;;;;;;/h1-11,13-19,27-28H;6*1H3;;. The summed E-state index contributed by atoms with van der Waals surface area (Å²) in [6.45, 7) is 0. The molecule has 0 aromatic heterocycles. The molecule has 4 heteroatoms. The van der Waals surface area contributed by atoms with Crippen molar-refractivity contribution in [3.05, 3.63) is 131 Å². The zero-order valence-electron chi connectivity index (χ0n) is 22.3. The fourth-order valence-corrected chi connectivity index (χ4v) is 29.7. The van der Waals surface area contributed by atoms with Crippen LogP contribution in [0.5, 0.6) is 0 Å². The van der Waals surface area contributed by atoms with Gasteiger partial charge in [0.1, 0.15) is 0 Å². The Morgan fingerprint density at radius 3 is 1.19 bits per heavy atom. The van der Waals surface area contributed by atoms with Crippen LogP contribution in [-0.4, -0.2) is 47.0 Å². The van der Waals surface area contributed by atoms with Crippen LogP contribution in [0.15, 0.2) is 109 Å². The maximum atomic E-state index is 13.3. The van der Waals surface area contributed by atoms with Gasteiger partial charge in [-0.1, -0.05) is 0 Å². The Hall–Kier alpha value is -1.60. The Labute approximate surface area is 224 Å². The monoisotopic (exact) mass is 694 g/mol. The van der Waals surface area contributed by atoms with Crippen LogP contribution in [0.2, 0.25) is 29.6 Å². The van der Waals surface area contributed by atoms with E-state index in [0.29, 0.717) is 16.7 Å². The first-order valence-electron chi connectivity index (χ1n) is 12.7. The molecule has 4 rings (SSSR count). The van der Waals surface area contributed by atoms with Crippen LogP contribution in [0.4, 0.5) is 0 Å². The van der Waals surface area contributed by atoms with Gasteiger partial charge in [-0.3, -0.25) is 0 Å². The van der Waals surface area contributed by atoms with E-state index in [-0.39, 0.29) is 0 Å². The zero-order chi connectivity index (χ0) is 26.2. The van der Waals surface area contributed by atoms with Crippen molar-refractivity contribution in [2.24, 2.45) is 0 Å². The van der Waals surface area contributed by atoms with Crippen molar-refractivity contribution in [1.29, 1.82) is 0 Å². The van der Waals surface area contributed by atoms with Crippen LogP contribution in [-0.2, 0) is 11.2 Å². The number of hydrogen-bond donors (Lipinski definition) is 2. The molecule has 2 N–H and O–H groups in total. The van der Waals surface area contributed by atoms with Gasteiger partial charge in [0, 0.05) is 0 Å². The second-order valence-electron chi connectivity index (χ2n) is 11.7. The summed E-state index contributed by atoms with van der Waals surface area (Å²) < 4.78 is 2.81. The second kappa shape index (κ2) is 10.3. The van der Waals surface area contributed by atoms with Gasteiger partial charge in [-0.05, 0) is 0 Å². The number of benzene rings is 4. The molecule has 36 heavy (non-hydrogen) atoms. The van der Waals surface area contributed by atoms with Crippen molar-refractivity contribution >= 4 is 43.9 Å². The third-order valence-corrected chi connectivity index (χ3v) is 20.8. The average molecular weight is 692 g/mol. The van der Waals surface area contributed by atoms with E-state index in [1.165, 1.54) is 7.16 Å². The Kier molecular flexibility index (Phi) is 7.83. The predicted molar refractivity (Wildman–Crippen MR) is 158 cm³/mol. The minimum absolute atomic E-state index is 0.669. The maximum absolute atomic E-state index is 13.3. The molecule has 0 radical (unpaired) electrons. The molecule has 0 amide bonds. The molecule has 2 nitrogen and oxygen atoms in total. The van der Waals surface area contributed by atoms with E-state index in [4.69, 9.17) is 0 Å². The summed E-state index contributed by atoms with van der Waals surface area (Å²) in [5.41, 5.74) is -0.530. The molecule has 0 aliphatic heterocycles. The van der Waals surface area contributed by atoms with Crippen molar-refractivity contribution in [3.8, 4) is 0 Å². The van der Waals surface area contributed by atoms with E-state index in [0.717, 1.165) is 5.56 Å². The van der Waals surface area contributed by atoms with Crippen LogP contribution < -0.4 is 7.16 Å². The average Bonchev–Trinajstić information content (AvgIpc) is 2.87. The Bertz CT molecular complexity index is 1270. The van der Waals surface area contributed by atoms with E-state index in [1.54, 1.807) is 0 Å². The van der Waals surface area contributed by atoms with Crippen LogP contribution in [0, 0.1) is 0 Å². The minimum atomic E-state index is -2.86. The molecule has 0 saturated carbocycles. The van der Waals surface area contributed by atoms with Gasteiger partial charge in [-0.25, -0.2) is 0 Å². The zero-order valence-corrected chi connectivity index (χ0v) is 28.0. The van der Waals surface area contributed by atoms with E-state index in [2.05, 4.69) is 47.8 Å². The summed E-state index contributed by atoms with van der Waals surface area (Å²) in [6.07, 6.45) is 0. The molecule has 0 heterocycles. The van der Waals surface area contributed by atoms with Crippen molar-refractivity contribution in [1.82, 2.24) is 0 Å². The van der Waals surface area contributed by atoms with E-state index < -0.39 is 48.0 Å². The molecule has 0 spiro atoms. The Morgan fingerprint density at radius 2 is 0.833 bits per heavy atom. The van der Waals surface area contributed by atoms with Gasteiger partial charge in [0.2, 0.25) is 0 Å². The molecule has 0 aliphatic carbocycles. The van der Waals surface area contributed by atoms with Gasteiger partial charge in [-0.2, -0.15) is 0 Å². The third-order valence-electron chi connectivity index (χ3n) is 7.11. The molecule has 0 fully saturated rings.